The van der Waals surface area contributed by atoms with Crippen molar-refractivity contribution >= 4 is 16.6 Å². The van der Waals surface area contributed by atoms with Crippen molar-refractivity contribution in [1.82, 2.24) is 9.88 Å². The minimum absolute atomic E-state index is 0.845. The first-order valence-electron chi connectivity index (χ1n) is 8.09. The van der Waals surface area contributed by atoms with Crippen LogP contribution in [0.1, 0.15) is 26.0 Å². The minimum Gasteiger partial charge on any atom is -0.497 e. The molecule has 0 radical (unpaired) electrons. The van der Waals surface area contributed by atoms with E-state index in [1.54, 1.807) is 7.11 Å². The highest BCUT2D eigenvalue weighted by Crippen LogP contribution is 2.26. The zero-order chi connectivity index (χ0) is 15.9. The molecule has 0 fully saturated rings. The smallest absolute Gasteiger partial charge is 0.121 e. The molecule has 4 heteroatoms. The molecule has 2 rings (SSSR count). The van der Waals surface area contributed by atoms with Crippen molar-refractivity contribution in [1.29, 1.82) is 0 Å². The molecular weight excluding hydrogens is 274 g/mol. The number of benzene rings is 1. The van der Waals surface area contributed by atoms with Crippen LogP contribution >= 0.6 is 0 Å². The number of aromatic nitrogens is 1. The predicted octanol–water partition coefficient (Wildman–Crippen LogP) is 3.70. The summed E-state index contributed by atoms with van der Waals surface area (Å²) < 4.78 is 5.29. The number of hydrogen-bond donors (Lipinski definition) is 1. The van der Waals surface area contributed by atoms with Crippen molar-refractivity contribution in [3.63, 3.8) is 0 Å². The third kappa shape index (κ3) is 4.10. The Labute approximate surface area is 133 Å². The number of hydrogen-bond acceptors (Lipinski definition) is 4. The minimum atomic E-state index is 0.845. The van der Waals surface area contributed by atoms with E-state index in [2.05, 4.69) is 41.2 Å². The molecule has 0 unspecified atom stereocenters. The van der Waals surface area contributed by atoms with Gasteiger partial charge in [-0.3, -0.25) is 4.98 Å². The van der Waals surface area contributed by atoms with Crippen molar-refractivity contribution in [2.45, 2.75) is 27.2 Å². The van der Waals surface area contributed by atoms with E-state index in [4.69, 9.17) is 4.74 Å². The number of anilines is 1. The molecule has 0 bridgehead atoms. The Bertz CT molecular complexity index is 609. The molecule has 0 atom stereocenters. The van der Waals surface area contributed by atoms with Crippen LogP contribution in [0.4, 0.5) is 5.69 Å². The average Bonchev–Trinajstić information content (AvgIpc) is 2.54. The van der Waals surface area contributed by atoms with Gasteiger partial charge in [-0.1, -0.05) is 13.8 Å². The molecule has 1 heterocycles. The van der Waals surface area contributed by atoms with E-state index in [9.17, 15) is 0 Å². The van der Waals surface area contributed by atoms with Crippen molar-refractivity contribution < 1.29 is 4.74 Å². The zero-order valence-corrected chi connectivity index (χ0v) is 14.1. The SMILES string of the molecule is CCN(CC)CCCNc1cc(C)nc2cc(OC)ccc12. The number of nitrogens with one attached hydrogen (secondary N) is 1. The van der Waals surface area contributed by atoms with Crippen molar-refractivity contribution in [3.8, 4) is 5.75 Å². The number of aryl methyl sites for hydroxylation is 1. The van der Waals surface area contributed by atoms with Gasteiger partial charge in [-0.15, -0.1) is 0 Å². The third-order valence-corrected chi connectivity index (χ3v) is 4.01. The molecular formula is C18H27N3O. The summed E-state index contributed by atoms with van der Waals surface area (Å²) in [6.45, 7) is 10.8. The van der Waals surface area contributed by atoms with Crippen LogP contribution in [-0.2, 0) is 0 Å². The molecule has 2 aromatic rings. The van der Waals surface area contributed by atoms with E-state index in [0.29, 0.717) is 0 Å². The standard InChI is InChI=1S/C18H27N3O/c1-5-21(6-2)11-7-10-19-17-12-14(3)20-18-13-15(22-4)8-9-16(17)18/h8-9,12-13H,5-7,10-11H2,1-4H3,(H,19,20). The van der Waals surface area contributed by atoms with Gasteiger partial charge in [0, 0.05) is 29.4 Å². The summed E-state index contributed by atoms with van der Waals surface area (Å²) >= 11 is 0. The Hall–Kier alpha value is -1.81. The van der Waals surface area contributed by atoms with Gasteiger partial charge in [0.1, 0.15) is 5.75 Å². The lowest BCUT2D eigenvalue weighted by atomic mass is 10.1. The highest BCUT2D eigenvalue weighted by atomic mass is 16.5. The van der Waals surface area contributed by atoms with E-state index in [0.717, 1.165) is 60.6 Å². The number of rotatable bonds is 8. The average molecular weight is 301 g/mol. The molecule has 0 aliphatic rings. The second kappa shape index (κ2) is 7.99. The van der Waals surface area contributed by atoms with Gasteiger partial charge >= 0.3 is 0 Å². The van der Waals surface area contributed by atoms with E-state index < -0.39 is 0 Å². The monoisotopic (exact) mass is 301 g/mol. The molecule has 1 N–H and O–H groups in total. The molecule has 0 saturated heterocycles. The van der Waals surface area contributed by atoms with Gasteiger partial charge in [0.05, 0.1) is 12.6 Å². The molecule has 0 spiro atoms. The Balaban J connectivity index is 2.07. The predicted molar refractivity (Wildman–Crippen MR) is 93.9 cm³/mol. The lowest BCUT2D eigenvalue weighted by molar-refractivity contribution is 0.303. The summed E-state index contributed by atoms with van der Waals surface area (Å²) in [5, 5.41) is 4.71. The van der Waals surface area contributed by atoms with Crippen LogP contribution in [-0.4, -0.2) is 43.2 Å². The number of methoxy groups -OCH3 is 1. The summed E-state index contributed by atoms with van der Waals surface area (Å²) in [4.78, 5) is 7.05. The maximum absolute atomic E-state index is 5.29. The maximum atomic E-state index is 5.29. The largest absolute Gasteiger partial charge is 0.497 e. The second-order valence-corrected chi connectivity index (χ2v) is 5.50. The van der Waals surface area contributed by atoms with Crippen molar-refractivity contribution in [2.75, 3.05) is 38.6 Å². The fourth-order valence-corrected chi connectivity index (χ4v) is 2.68. The summed E-state index contributed by atoms with van der Waals surface area (Å²) in [5.74, 6) is 0.845. The highest BCUT2D eigenvalue weighted by molar-refractivity contribution is 5.92. The Morgan fingerprint density at radius 2 is 1.95 bits per heavy atom. The topological polar surface area (TPSA) is 37.4 Å². The summed E-state index contributed by atoms with van der Waals surface area (Å²) in [7, 11) is 1.68. The number of ether oxygens (including phenoxy) is 1. The molecule has 0 amide bonds. The molecule has 4 nitrogen and oxygen atoms in total. The normalized spacial score (nSPS) is 11.1. The van der Waals surface area contributed by atoms with Gasteiger partial charge < -0.3 is 15.0 Å². The Morgan fingerprint density at radius 1 is 1.18 bits per heavy atom. The van der Waals surface area contributed by atoms with E-state index in [1.165, 1.54) is 0 Å². The van der Waals surface area contributed by atoms with Gasteiger partial charge in [-0.25, -0.2) is 0 Å². The Morgan fingerprint density at radius 3 is 2.64 bits per heavy atom. The number of pyridine rings is 1. The van der Waals surface area contributed by atoms with Crippen LogP contribution in [0.25, 0.3) is 10.9 Å². The van der Waals surface area contributed by atoms with Crippen LogP contribution < -0.4 is 10.1 Å². The highest BCUT2D eigenvalue weighted by Gasteiger charge is 2.05. The quantitative estimate of drug-likeness (QED) is 0.755. The van der Waals surface area contributed by atoms with Crippen LogP contribution in [0.3, 0.4) is 0 Å². The third-order valence-electron chi connectivity index (χ3n) is 4.01. The van der Waals surface area contributed by atoms with Gasteiger partial charge in [-0.2, -0.15) is 0 Å². The number of nitrogens with zero attached hydrogens (tertiary/aromatic N) is 2. The fourth-order valence-electron chi connectivity index (χ4n) is 2.68. The lowest BCUT2D eigenvalue weighted by Crippen LogP contribution is -2.25. The van der Waals surface area contributed by atoms with Gasteiger partial charge in [0.15, 0.2) is 0 Å². The first kappa shape index (κ1) is 16.6. The first-order valence-corrected chi connectivity index (χ1v) is 8.09. The van der Waals surface area contributed by atoms with E-state index in [1.807, 2.05) is 19.1 Å². The molecule has 0 aliphatic carbocycles. The van der Waals surface area contributed by atoms with Gasteiger partial charge in [-0.05, 0) is 51.2 Å². The molecule has 1 aromatic carbocycles. The second-order valence-electron chi connectivity index (χ2n) is 5.50. The number of fused-ring (bicyclic) bond motifs is 1. The maximum Gasteiger partial charge on any atom is 0.121 e. The first-order chi connectivity index (χ1) is 10.7. The van der Waals surface area contributed by atoms with Crippen LogP contribution in [0.2, 0.25) is 0 Å². The van der Waals surface area contributed by atoms with Gasteiger partial charge in [0.25, 0.3) is 0 Å². The molecule has 0 saturated carbocycles. The molecule has 0 aliphatic heterocycles. The van der Waals surface area contributed by atoms with Crippen molar-refractivity contribution in [2.24, 2.45) is 0 Å². The summed E-state index contributed by atoms with van der Waals surface area (Å²) in [6, 6.07) is 8.17. The van der Waals surface area contributed by atoms with E-state index in [-0.39, 0.29) is 0 Å². The molecule has 120 valence electrons. The van der Waals surface area contributed by atoms with Crippen LogP contribution in [0.5, 0.6) is 5.75 Å². The Kier molecular flexibility index (Phi) is 6.01. The summed E-state index contributed by atoms with van der Waals surface area (Å²) in [5.41, 5.74) is 3.15. The van der Waals surface area contributed by atoms with Crippen LogP contribution in [0, 0.1) is 6.92 Å². The fraction of sp³-hybridized carbons (Fsp3) is 0.500. The summed E-state index contributed by atoms with van der Waals surface area (Å²) in [6.07, 6.45) is 1.14. The van der Waals surface area contributed by atoms with E-state index >= 15 is 0 Å². The van der Waals surface area contributed by atoms with Crippen molar-refractivity contribution in [3.05, 3.63) is 30.0 Å². The van der Waals surface area contributed by atoms with Gasteiger partial charge in [0.2, 0.25) is 0 Å². The molecule has 22 heavy (non-hydrogen) atoms. The zero-order valence-electron chi connectivity index (χ0n) is 14.1. The lowest BCUT2D eigenvalue weighted by Gasteiger charge is -2.18. The van der Waals surface area contributed by atoms with Crippen LogP contribution in [0.15, 0.2) is 24.3 Å². The molecule has 1 aromatic heterocycles.